The van der Waals surface area contributed by atoms with Gasteiger partial charge in [-0.2, -0.15) is 0 Å². The molecule has 3 aliphatic carbocycles. The topological polar surface area (TPSA) is 3.24 Å². The van der Waals surface area contributed by atoms with Crippen LogP contribution < -0.4 is 4.90 Å². The lowest BCUT2D eigenvalue weighted by Crippen LogP contribution is -2.21. The molecule has 0 saturated heterocycles. The second kappa shape index (κ2) is 7.98. The average Bonchev–Trinajstić information content (AvgIpc) is 2.87. The van der Waals surface area contributed by atoms with Gasteiger partial charge in [-0.3, -0.25) is 0 Å². The average molecular weight is 416 g/mol. The molecule has 2 bridgehead atoms. The molecule has 32 heavy (non-hydrogen) atoms. The molecule has 158 valence electrons. The Labute approximate surface area is 191 Å². The van der Waals surface area contributed by atoms with E-state index >= 15 is 0 Å². The first-order valence-corrected chi connectivity index (χ1v) is 11.9. The quantitative estimate of drug-likeness (QED) is 0.322. The highest BCUT2D eigenvalue weighted by atomic mass is 15.1. The summed E-state index contributed by atoms with van der Waals surface area (Å²) < 4.78 is 0. The molecule has 4 aromatic carbocycles. The fourth-order valence-electron chi connectivity index (χ4n) is 5.84. The van der Waals surface area contributed by atoms with Gasteiger partial charge in [-0.25, -0.2) is 0 Å². The SMILES string of the molecule is Cc1ccc(N(c2ccccc2)c2ccccc2)cc1-c1ccc2c(c1)C1CCC2CC1. The number of hydrogen-bond donors (Lipinski definition) is 0. The van der Waals surface area contributed by atoms with Gasteiger partial charge in [0.1, 0.15) is 0 Å². The molecule has 0 radical (unpaired) electrons. The van der Waals surface area contributed by atoms with E-state index in [4.69, 9.17) is 0 Å². The Hall–Kier alpha value is -3.32. The number of anilines is 3. The Kier molecular flexibility index (Phi) is 4.83. The molecular weight excluding hydrogens is 386 g/mol. The van der Waals surface area contributed by atoms with Gasteiger partial charge in [0.05, 0.1) is 0 Å². The molecular formula is C31H29N. The third kappa shape index (κ3) is 3.33. The van der Waals surface area contributed by atoms with E-state index < -0.39 is 0 Å². The van der Waals surface area contributed by atoms with Crippen LogP contribution in [-0.2, 0) is 0 Å². The maximum Gasteiger partial charge on any atom is 0.0467 e. The number of benzene rings is 4. The summed E-state index contributed by atoms with van der Waals surface area (Å²) in [5.74, 6) is 1.56. The molecule has 0 spiro atoms. The monoisotopic (exact) mass is 415 g/mol. The molecule has 0 N–H and O–H groups in total. The van der Waals surface area contributed by atoms with Crippen molar-refractivity contribution < 1.29 is 0 Å². The molecule has 1 saturated carbocycles. The van der Waals surface area contributed by atoms with Crippen LogP contribution in [0.2, 0.25) is 0 Å². The highest BCUT2D eigenvalue weighted by molar-refractivity contribution is 5.81. The predicted octanol–water partition coefficient (Wildman–Crippen LogP) is 8.89. The van der Waals surface area contributed by atoms with Crippen LogP contribution in [0.4, 0.5) is 17.1 Å². The Morgan fingerprint density at radius 1 is 0.562 bits per heavy atom. The minimum absolute atomic E-state index is 0.767. The number of nitrogens with zero attached hydrogens (tertiary/aromatic N) is 1. The van der Waals surface area contributed by atoms with Crippen LogP contribution in [0.25, 0.3) is 11.1 Å². The van der Waals surface area contributed by atoms with Crippen molar-refractivity contribution in [2.45, 2.75) is 44.4 Å². The third-order valence-electron chi connectivity index (χ3n) is 7.51. The molecule has 4 aromatic rings. The van der Waals surface area contributed by atoms with E-state index in [2.05, 4.69) is 109 Å². The summed E-state index contributed by atoms with van der Waals surface area (Å²) in [6.45, 7) is 2.24. The van der Waals surface area contributed by atoms with E-state index in [1.807, 2.05) is 0 Å². The number of para-hydroxylation sites is 2. The summed E-state index contributed by atoms with van der Waals surface area (Å²) in [4.78, 5) is 2.35. The Bertz CT molecular complexity index is 1190. The van der Waals surface area contributed by atoms with E-state index in [9.17, 15) is 0 Å². The summed E-state index contributed by atoms with van der Waals surface area (Å²) in [5.41, 5.74) is 10.8. The predicted molar refractivity (Wildman–Crippen MR) is 135 cm³/mol. The minimum Gasteiger partial charge on any atom is -0.310 e. The van der Waals surface area contributed by atoms with E-state index in [0.717, 1.165) is 11.8 Å². The van der Waals surface area contributed by atoms with Crippen molar-refractivity contribution in [3.8, 4) is 11.1 Å². The number of fused-ring (bicyclic) bond motifs is 2. The normalized spacial score (nSPS) is 18.9. The van der Waals surface area contributed by atoms with Gasteiger partial charge < -0.3 is 4.90 Å². The standard InChI is InChI=1S/C31H29N/c1-22-12-18-28(32(26-8-4-2-5-9-26)27-10-6-3-7-11-27)21-30(22)25-17-19-29-23-13-15-24(16-14-23)31(29)20-25/h2-12,17-21,23-24H,13-16H2,1H3. The second-order valence-corrected chi connectivity index (χ2v) is 9.40. The summed E-state index contributed by atoms with van der Waals surface area (Å²) in [6.07, 6.45) is 5.51. The van der Waals surface area contributed by atoms with E-state index in [1.54, 1.807) is 11.1 Å². The highest BCUT2D eigenvalue weighted by Gasteiger charge is 2.32. The number of hydrogen-bond acceptors (Lipinski definition) is 1. The molecule has 1 nitrogen and oxygen atoms in total. The Morgan fingerprint density at radius 3 is 1.78 bits per heavy atom. The van der Waals surface area contributed by atoms with Gasteiger partial charge in [0.25, 0.3) is 0 Å². The Balaban J connectivity index is 1.47. The number of rotatable bonds is 4. The van der Waals surface area contributed by atoms with Crippen LogP contribution in [0.3, 0.4) is 0 Å². The van der Waals surface area contributed by atoms with Gasteiger partial charge in [0, 0.05) is 17.1 Å². The van der Waals surface area contributed by atoms with Crippen LogP contribution in [0.5, 0.6) is 0 Å². The molecule has 0 atom stereocenters. The van der Waals surface area contributed by atoms with Gasteiger partial charge in [-0.05, 0) is 109 Å². The van der Waals surface area contributed by atoms with Gasteiger partial charge >= 0.3 is 0 Å². The lowest BCUT2D eigenvalue weighted by atomic mass is 9.66. The second-order valence-electron chi connectivity index (χ2n) is 9.40. The number of aryl methyl sites for hydroxylation is 1. The third-order valence-corrected chi connectivity index (χ3v) is 7.51. The molecule has 7 rings (SSSR count). The van der Waals surface area contributed by atoms with Gasteiger partial charge in [-0.1, -0.05) is 60.7 Å². The minimum atomic E-state index is 0.767. The molecule has 1 fully saturated rings. The zero-order valence-corrected chi connectivity index (χ0v) is 18.7. The van der Waals surface area contributed by atoms with E-state index in [-0.39, 0.29) is 0 Å². The highest BCUT2D eigenvalue weighted by Crippen LogP contribution is 2.50. The molecule has 0 amide bonds. The van der Waals surface area contributed by atoms with Crippen molar-refractivity contribution in [2.75, 3.05) is 4.90 Å². The molecule has 0 unspecified atom stereocenters. The van der Waals surface area contributed by atoms with Crippen molar-refractivity contribution in [1.82, 2.24) is 0 Å². The fourth-order valence-corrected chi connectivity index (χ4v) is 5.84. The molecule has 0 heterocycles. The van der Waals surface area contributed by atoms with Crippen molar-refractivity contribution in [3.63, 3.8) is 0 Å². The maximum atomic E-state index is 2.51. The first-order chi connectivity index (χ1) is 15.8. The molecule has 0 aromatic heterocycles. The van der Waals surface area contributed by atoms with Gasteiger partial charge in [0.2, 0.25) is 0 Å². The van der Waals surface area contributed by atoms with Crippen LogP contribution in [0.15, 0.2) is 97.1 Å². The lowest BCUT2D eigenvalue weighted by Gasteiger charge is -2.38. The maximum absolute atomic E-state index is 2.51. The summed E-state index contributed by atoms with van der Waals surface area (Å²) >= 11 is 0. The first-order valence-electron chi connectivity index (χ1n) is 11.9. The van der Waals surface area contributed by atoms with Crippen LogP contribution in [-0.4, -0.2) is 0 Å². The summed E-state index contributed by atoms with van der Waals surface area (Å²) in [6, 6.07) is 35.5. The van der Waals surface area contributed by atoms with Crippen LogP contribution in [0, 0.1) is 6.92 Å². The van der Waals surface area contributed by atoms with Crippen LogP contribution in [0.1, 0.15) is 54.2 Å². The first kappa shape index (κ1) is 19.4. The molecule has 1 heteroatoms. The molecule has 0 aliphatic heterocycles. The van der Waals surface area contributed by atoms with Crippen molar-refractivity contribution in [3.05, 3.63) is 114 Å². The summed E-state index contributed by atoms with van der Waals surface area (Å²) in [5, 5.41) is 0. The van der Waals surface area contributed by atoms with Crippen molar-refractivity contribution in [1.29, 1.82) is 0 Å². The van der Waals surface area contributed by atoms with E-state index in [1.165, 1.54) is 59.4 Å². The zero-order chi connectivity index (χ0) is 21.5. The van der Waals surface area contributed by atoms with Gasteiger partial charge in [0.15, 0.2) is 0 Å². The Morgan fingerprint density at radius 2 is 1.16 bits per heavy atom. The smallest absolute Gasteiger partial charge is 0.0467 e. The van der Waals surface area contributed by atoms with Crippen molar-refractivity contribution >= 4 is 17.1 Å². The van der Waals surface area contributed by atoms with Crippen LogP contribution >= 0.6 is 0 Å². The van der Waals surface area contributed by atoms with Gasteiger partial charge in [-0.15, -0.1) is 0 Å². The molecule has 3 aliphatic rings. The van der Waals surface area contributed by atoms with E-state index in [0.29, 0.717) is 0 Å². The fraction of sp³-hybridized carbons (Fsp3) is 0.226. The lowest BCUT2D eigenvalue weighted by molar-refractivity contribution is 0.359. The summed E-state index contributed by atoms with van der Waals surface area (Å²) in [7, 11) is 0. The zero-order valence-electron chi connectivity index (χ0n) is 18.7. The largest absolute Gasteiger partial charge is 0.310 e. The van der Waals surface area contributed by atoms with Crippen molar-refractivity contribution in [2.24, 2.45) is 0 Å².